The summed E-state index contributed by atoms with van der Waals surface area (Å²) in [6.07, 6.45) is 6.21. The van der Waals surface area contributed by atoms with E-state index in [1.54, 1.807) is 0 Å². The minimum atomic E-state index is -0.413. The van der Waals surface area contributed by atoms with Gasteiger partial charge in [-0.05, 0) is 43.4 Å². The summed E-state index contributed by atoms with van der Waals surface area (Å²) in [7, 11) is 0. The van der Waals surface area contributed by atoms with Gasteiger partial charge in [0.15, 0.2) is 0 Å². The molecule has 0 aliphatic heterocycles. The quantitative estimate of drug-likeness (QED) is 0.672. The summed E-state index contributed by atoms with van der Waals surface area (Å²) in [5.74, 6) is 2.11. The molecule has 2 aliphatic carbocycles. The van der Waals surface area contributed by atoms with Gasteiger partial charge in [-0.1, -0.05) is 6.42 Å². The normalized spacial score (nSPS) is 39.3. The summed E-state index contributed by atoms with van der Waals surface area (Å²) in [4.78, 5) is 10.8. The van der Waals surface area contributed by atoms with Crippen LogP contribution in [0.5, 0.6) is 0 Å². The number of rotatable bonds is 3. The molecule has 0 saturated heterocycles. The van der Waals surface area contributed by atoms with Crippen LogP contribution in [0.25, 0.3) is 0 Å². The van der Waals surface area contributed by atoms with Crippen LogP contribution in [0.2, 0.25) is 0 Å². The van der Waals surface area contributed by atoms with Crippen LogP contribution >= 0.6 is 0 Å². The molecule has 3 nitrogen and oxygen atoms in total. The van der Waals surface area contributed by atoms with Gasteiger partial charge in [-0.15, -0.1) is 0 Å². The molecule has 0 aromatic heterocycles. The van der Waals surface area contributed by atoms with Crippen LogP contribution in [0.1, 0.15) is 32.1 Å². The van der Waals surface area contributed by atoms with Gasteiger partial charge in [0, 0.05) is 0 Å². The van der Waals surface area contributed by atoms with Crippen LogP contribution in [0, 0.1) is 17.8 Å². The topological polar surface area (TPSA) is 69.1 Å². The Bertz CT molecular complexity index is 217. The number of nitrogens with two attached hydrogens (primary N) is 2. The third-order valence-electron chi connectivity index (χ3n) is 3.81. The Hall–Kier alpha value is -0.570. The lowest BCUT2D eigenvalue weighted by molar-refractivity contribution is -0.119. The maximum Gasteiger partial charge on any atom is 0.234 e. The number of amides is 1. The second-order valence-electron chi connectivity index (χ2n) is 4.68. The van der Waals surface area contributed by atoms with Crippen molar-refractivity contribution >= 4 is 5.91 Å². The molecule has 0 heterocycles. The van der Waals surface area contributed by atoms with E-state index in [9.17, 15) is 4.79 Å². The van der Waals surface area contributed by atoms with Crippen LogP contribution in [0.15, 0.2) is 0 Å². The lowest BCUT2D eigenvalue weighted by atomic mass is 9.84. The standard InChI is InChI=1S/C10H18N2O/c11-9(10(12)13)5-8-4-6-1-2-7(8)3-6/h6-9H,1-5,11H2,(H2,12,13). The molecular weight excluding hydrogens is 164 g/mol. The Balaban J connectivity index is 1.86. The molecule has 4 unspecified atom stereocenters. The highest BCUT2D eigenvalue weighted by Crippen LogP contribution is 2.49. The number of hydrogen-bond donors (Lipinski definition) is 2. The van der Waals surface area contributed by atoms with Crippen molar-refractivity contribution in [3.8, 4) is 0 Å². The molecule has 2 aliphatic rings. The molecule has 74 valence electrons. The molecule has 2 rings (SSSR count). The fraction of sp³-hybridized carbons (Fsp3) is 0.900. The second-order valence-corrected chi connectivity index (χ2v) is 4.68. The fourth-order valence-corrected chi connectivity index (χ4v) is 3.11. The minimum absolute atomic E-state index is 0.345. The highest BCUT2D eigenvalue weighted by atomic mass is 16.1. The lowest BCUT2D eigenvalue weighted by Gasteiger charge is -2.23. The average molecular weight is 182 g/mol. The van der Waals surface area contributed by atoms with Gasteiger partial charge in [0.1, 0.15) is 0 Å². The molecule has 4 N–H and O–H groups in total. The van der Waals surface area contributed by atoms with Gasteiger partial charge in [-0.3, -0.25) is 4.79 Å². The first-order chi connectivity index (χ1) is 6.16. The van der Waals surface area contributed by atoms with E-state index in [0.29, 0.717) is 5.92 Å². The smallest absolute Gasteiger partial charge is 0.234 e. The summed E-state index contributed by atoms with van der Waals surface area (Å²) in [6, 6.07) is -0.413. The summed E-state index contributed by atoms with van der Waals surface area (Å²) in [5, 5.41) is 0. The molecule has 1 amide bonds. The zero-order chi connectivity index (χ0) is 9.42. The molecule has 13 heavy (non-hydrogen) atoms. The lowest BCUT2D eigenvalue weighted by Crippen LogP contribution is -2.38. The molecular formula is C10H18N2O. The largest absolute Gasteiger partial charge is 0.368 e. The number of fused-ring (bicyclic) bond motifs is 2. The van der Waals surface area contributed by atoms with Crippen molar-refractivity contribution in [2.75, 3.05) is 0 Å². The van der Waals surface area contributed by atoms with Crippen molar-refractivity contribution in [2.45, 2.75) is 38.1 Å². The average Bonchev–Trinajstić information content (AvgIpc) is 2.64. The van der Waals surface area contributed by atoms with Gasteiger partial charge < -0.3 is 11.5 Å². The number of primary amides is 1. The van der Waals surface area contributed by atoms with Crippen molar-refractivity contribution < 1.29 is 4.79 Å². The predicted octanol–water partition coefficient (Wildman–Crippen LogP) is 0.625. The molecule has 2 bridgehead atoms. The maximum atomic E-state index is 10.8. The van der Waals surface area contributed by atoms with Gasteiger partial charge >= 0.3 is 0 Å². The third kappa shape index (κ3) is 1.70. The first kappa shape index (κ1) is 9.00. The number of carbonyl (C=O) groups is 1. The Morgan fingerprint density at radius 2 is 2.15 bits per heavy atom. The second kappa shape index (κ2) is 3.29. The van der Waals surface area contributed by atoms with Crippen LogP contribution in [-0.4, -0.2) is 11.9 Å². The molecule has 0 spiro atoms. The third-order valence-corrected chi connectivity index (χ3v) is 3.81. The summed E-state index contributed by atoms with van der Waals surface area (Å²) < 4.78 is 0. The van der Waals surface area contributed by atoms with Gasteiger partial charge in [-0.25, -0.2) is 0 Å². The van der Waals surface area contributed by atoms with Crippen LogP contribution in [0.4, 0.5) is 0 Å². The van der Waals surface area contributed by atoms with Gasteiger partial charge in [0.05, 0.1) is 6.04 Å². The summed E-state index contributed by atoms with van der Waals surface area (Å²) in [5.41, 5.74) is 10.8. The van der Waals surface area contributed by atoms with Crippen molar-refractivity contribution in [3.05, 3.63) is 0 Å². The Morgan fingerprint density at radius 1 is 1.38 bits per heavy atom. The first-order valence-electron chi connectivity index (χ1n) is 5.21. The van der Waals surface area contributed by atoms with Gasteiger partial charge in [-0.2, -0.15) is 0 Å². The van der Waals surface area contributed by atoms with Gasteiger partial charge in [0.2, 0.25) is 5.91 Å². The van der Waals surface area contributed by atoms with Crippen molar-refractivity contribution in [1.29, 1.82) is 0 Å². The van der Waals surface area contributed by atoms with E-state index >= 15 is 0 Å². The van der Waals surface area contributed by atoms with Crippen molar-refractivity contribution in [1.82, 2.24) is 0 Å². The molecule has 0 aromatic carbocycles. The zero-order valence-corrected chi connectivity index (χ0v) is 7.91. The molecule has 0 radical (unpaired) electrons. The van der Waals surface area contributed by atoms with E-state index in [1.807, 2.05) is 0 Å². The van der Waals surface area contributed by atoms with Gasteiger partial charge in [0.25, 0.3) is 0 Å². The van der Waals surface area contributed by atoms with Crippen molar-refractivity contribution in [2.24, 2.45) is 29.2 Å². The minimum Gasteiger partial charge on any atom is -0.368 e. The molecule has 4 atom stereocenters. The van der Waals surface area contributed by atoms with Crippen LogP contribution in [-0.2, 0) is 4.79 Å². The van der Waals surface area contributed by atoms with E-state index in [1.165, 1.54) is 25.7 Å². The van der Waals surface area contributed by atoms with E-state index in [0.717, 1.165) is 18.3 Å². The highest BCUT2D eigenvalue weighted by Gasteiger charge is 2.40. The molecule has 0 aromatic rings. The monoisotopic (exact) mass is 182 g/mol. The highest BCUT2D eigenvalue weighted by molar-refractivity contribution is 5.79. The SMILES string of the molecule is NC(=O)C(N)CC1CC2CCC1C2. The fourth-order valence-electron chi connectivity index (χ4n) is 3.11. The molecule has 2 fully saturated rings. The summed E-state index contributed by atoms with van der Waals surface area (Å²) >= 11 is 0. The first-order valence-corrected chi connectivity index (χ1v) is 5.21. The number of carbonyl (C=O) groups excluding carboxylic acids is 1. The number of hydrogen-bond acceptors (Lipinski definition) is 2. The van der Waals surface area contributed by atoms with E-state index in [2.05, 4.69) is 0 Å². The molecule has 3 heteroatoms. The van der Waals surface area contributed by atoms with E-state index < -0.39 is 6.04 Å². The van der Waals surface area contributed by atoms with Crippen molar-refractivity contribution in [3.63, 3.8) is 0 Å². The van der Waals surface area contributed by atoms with E-state index in [-0.39, 0.29) is 5.91 Å². The zero-order valence-electron chi connectivity index (χ0n) is 7.91. The Labute approximate surface area is 78.9 Å². The molecule has 2 saturated carbocycles. The Morgan fingerprint density at radius 3 is 2.62 bits per heavy atom. The van der Waals surface area contributed by atoms with E-state index in [4.69, 9.17) is 11.5 Å². The summed E-state index contributed by atoms with van der Waals surface area (Å²) in [6.45, 7) is 0. The van der Waals surface area contributed by atoms with Crippen LogP contribution in [0.3, 0.4) is 0 Å². The van der Waals surface area contributed by atoms with Crippen LogP contribution < -0.4 is 11.5 Å². The maximum absolute atomic E-state index is 10.8. The Kier molecular flexibility index (Phi) is 2.28. The predicted molar refractivity (Wildman–Crippen MR) is 50.7 cm³/mol.